The molecule has 2 heterocycles. The molecule has 0 bridgehead atoms. The number of guanidine groups is 1. The molecular formula is C18H31IN6O2. The summed E-state index contributed by atoms with van der Waals surface area (Å²) in [6.07, 6.45) is 2.58. The largest absolute Gasteiger partial charge is 0.466 e. The fourth-order valence-corrected chi connectivity index (χ4v) is 2.86. The molecule has 0 aliphatic carbocycles. The van der Waals surface area contributed by atoms with Gasteiger partial charge in [-0.2, -0.15) is 0 Å². The van der Waals surface area contributed by atoms with Gasteiger partial charge in [0.2, 0.25) is 0 Å². The summed E-state index contributed by atoms with van der Waals surface area (Å²) in [5, 5.41) is 25.3. The molecule has 2 aromatic rings. The average molecular weight is 490 g/mol. The molecule has 8 nitrogen and oxygen atoms in total. The molecular weight excluding hydrogens is 459 g/mol. The maximum atomic E-state index is 10.8. The number of aromatic nitrogens is 3. The zero-order valence-corrected chi connectivity index (χ0v) is 19.1. The Morgan fingerprint density at radius 2 is 2.07 bits per heavy atom. The van der Waals surface area contributed by atoms with Gasteiger partial charge in [-0.15, -0.1) is 34.2 Å². The number of aryl methyl sites for hydroxylation is 3. The maximum absolute atomic E-state index is 10.8. The van der Waals surface area contributed by atoms with Gasteiger partial charge in [0.25, 0.3) is 0 Å². The van der Waals surface area contributed by atoms with Crippen molar-refractivity contribution in [2.75, 3.05) is 19.6 Å². The van der Waals surface area contributed by atoms with Crippen molar-refractivity contribution in [3.05, 3.63) is 35.3 Å². The van der Waals surface area contributed by atoms with Gasteiger partial charge in [0, 0.05) is 31.6 Å². The van der Waals surface area contributed by atoms with Gasteiger partial charge in [-0.25, -0.2) is 4.99 Å². The highest BCUT2D eigenvalue weighted by Gasteiger charge is 2.27. The normalized spacial score (nSPS) is 13.8. The monoisotopic (exact) mass is 490 g/mol. The average Bonchev–Trinajstić information content (AvgIpc) is 3.18. The molecule has 9 heteroatoms. The van der Waals surface area contributed by atoms with Crippen molar-refractivity contribution in [1.29, 1.82) is 0 Å². The highest BCUT2D eigenvalue weighted by molar-refractivity contribution is 14.0. The van der Waals surface area contributed by atoms with Crippen LogP contribution in [0, 0.1) is 13.8 Å². The number of furan rings is 1. The molecule has 152 valence electrons. The Bertz CT molecular complexity index is 738. The van der Waals surface area contributed by atoms with Gasteiger partial charge < -0.3 is 24.7 Å². The predicted octanol–water partition coefficient (Wildman–Crippen LogP) is 2.13. The summed E-state index contributed by atoms with van der Waals surface area (Å²) in [4.78, 5) is 4.54. The Hall–Kier alpha value is -1.62. The van der Waals surface area contributed by atoms with Gasteiger partial charge in [-0.1, -0.05) is 6.92 Å². The van der Waals surface area contributed by atoms with E-state index in [1.165, 1.54) is 0 Å². The second-order valence-electron chi connectivity index (χ2n) is 6.52. The van der Waals surface area contributed by atoms with Gasteiger partial charge in [-0.3, -0.25) is 0 Å². The minimum atomic E-state index is -1.09. The molecule has 27 heavy (non-hydrogen) atoms. The van der Waals surface area contributed by atoms with E-state index >= 15 is 0 Å². The molecule has 1 unspecified atom stereocenters. The number of rotatable bonds is 8. The van der Waals surface area contributed by atoms with Crippen LogP contribution in [0.4, 0.5) is 0 Å². The lowest BCUT2D eigenvalue weighted by Gasteiger charge is -2.21. The lowest BCUT2D eigenvalue weighted by molar-refractivity contribution is 0.0657. The summed E-state index contributed by atoms with van der Waals surface area (Å²) in [7, 11) is 0. The van der Waals surface area contributed by atoms with Gasteiger partial charge in [-0.05, 0) is 33.8 Å². The minimum absolute atomic E-state index is 0. The fourth-order valence-electron chi connectivity index (χ4n) is 2.86. The van der Waals surface area contributed by atoms with E-state index in [4.69, 9.17) is 4.42 Å². The highest BCUT2D eigenvalue weighted by atomic mass is 127. The summed E-state index contributed by atoms with van der Waals surface area (Å²) in [5.41, 5.74) is -0.319. The minimum Gasteiger partial charge on any atom is -0.466 e. The SMILES string of the molecule is CCNC(=NCC(C)(O)c1cc(C)oc1C)NCCn1cnnc1CC.I. The van der Waals surface area contributed by atoms with E-state index in [0.29, 0.717) is 12.5 Å². The van der Waals surface area contributed by atoms with Crippen LogP contribution in [-0.4, -0.2) is 45.5 Å². The molecule has 0 aliphatic heterocycles. The van der Waals surface area contributed by atoms with E-state index in [1.807, 2.05) is 31.4 Å². The van der Waals surface area contributed by atoms with E-state index in [-0.39, 0.29) is 30.5 Å². The summed E-state index contributed by atoms with van der Waals surface area (Å²) < 4.78 is 7.55. The van der Waals surface area contributed by atoms with E-state index in [0.717, 1.165) is 42.4 Å². The number of hydrogen-bond donors (Lipinski definition) is 3. The molecule has 0 spiro atoms. The number of aliphatic hydroxyl groups is 1. The Labute approximate surface area is 177 Å². The molecule has 0 aromatic carbocycles. The second kappa shape index (κ2) is 10.6. The van der Waals surface area contributed by atoms with Gasteiger partial charge in [0.1, 0.15) is 29.3 Å². The van der Waals surface area contributed by atoms with Crippen molar-refractivity contribution in [3.63, 3.8) is 0 Å². The quantitative estimate of drug-likeness (QED) is 0.298. The van der Waals surface area contributed by atoms with Crippen LogP contribution >= 0.6 is 24.0 Å². The summed E-state index contributed by atoms with van der Waals surface area (Å²) >= 11 is 0. The van der Waals surface area contributed by atoms with Crippen LogP contribution in [0.3, 0.4) is 0 Å². The van der Waals surface area contributed by atoms with Crippen molar-refractivity contribution in [2.24, 2.45) is 4.99 Å². The smallest absolute Gasteiger partial charge is 0.191 e. The molecule has 0 saturated carbocycles. The highest BCUT2D eigenvalue weighted by Crippen LogP contribution is 2.27. The Balaban J connectivity index is 0.00000364. The third kappa shape index (κ3) is 6.49. The standard InChI is InChI=1S/C18H30N6O2.HI/c1-6-16-23-22-12-24(16)9-8-20-17(19-7-2)21-11-18(5,25)15-10-13(3)26-14(15)4;/h10,12,25H,6-9,11H2,1-5H3,(H2,19,20,21);1H. The number of hydrogen-bond acceptors (Lipinski definition) is 5. The van der Waals surface area contributed by atoms with Crippen LogP contribution in [0.2, 0.25) is 0 Å². The first-order valence-electron chi connectivity index (χ1n) is 9.06. The molecule has 0 radical (unpaired) electrons. The van der Waals surface area contributed by atoms with Crippen LogP contribution in [-0.2, 0) is 18.6 Å². The van der Waals surface area contributed by atoms with Crippen molar-refractivity contribution in [1.82, 2.24) is 25.4 Å². The molecule has 0 saturated heterocycles. The first-order valence-corrected chi connectivity index (χ1v) is 9.06. The Morgan fingerprint density at radius 1 is 1.33 bits per heavy atom. The summed E-state index contributed by atoms with van der Waals surface area (Å²) in [6.45, 7) is 11.9. The lowest BCUT2D eigenvalue weighted by Crippen LogP contribution is -2.40. The topological polar surface area (TPSA) is 100 Å². The molecule has 2 aromatic heterocycles. The van der Waals surface area contributed by atoms with Crippen LogP contribution < -0.4 is 10.6 Å². The van der Waals surface area contributed by atoms with Gasteiger partial charge in [0.05, 0.1) is 6.54 Å². The number of aliphatic imine (C=N–C) groups is 1. The molecule has 3 N–H and O–H groups in total. The number of halogens is 1. The predicted molar refractivity (Wildman–Crippen MR) is 117 cm³/mol. The van der Waals surface area contributed by atoms with E-state index < -0.39 is 5.60 Å². The van der Waals surface area contributed by atoms with Crippen molar-refractivity contribution in [2.45, 2.75) is 53.2 Å². The van der Waals surface area contributed by atoms with Crippen LogP contribution in [0.5, 0.6) is 0 Å². The summed E-state index contributed by atoms with van der Waals surface area (Å²) in [6, 6.07) is 1.86. The molecule has 0 amide bonds. The number of nitrogens with one attached hydrogen (secondary N) is 2. The molecule has 1 atom stereocenters. The van der Waals surface area contributed by atoms with E-state index in [9.17, 15) is 5.11 Å². The Kier molecular flexibility index (Phi) is 9.23. The van der Waals surface area contributed by atoms with Crippen molar-refractivity contribution >= 4 is 29.9 Å². The zero-order chi connectivity index (χ0) is 19.2. The van der Waals surface area contributed by atoms with Gasteiger partial charge in [0.15, 0.2) is 5.96 Å². The molecule has 2 rings (SSSR count). The van der Waals surface area contributed by atoms with Crippen molar-refractivity contribution < 1.29 is 9.52 Å². The first kappa shape index (κ1) is 23.4. The second-order valence-corrected chi connectivity index (χ2v) is 6.52. The van der Waals surface area contributed by atoms with Crippen molar-refractivity contribution in [3.8, 4) is 0 Å². The van der Waals surface area contributed by atoms with Crippen LogP contribution in [0.1, 0.15) is 43.7 Å². The number of nitrogens with zero attached hydrogens (tertiary/aromatic N) is 4. The van der Waals surface area contributed by atoms with Crippen LogP contribution in [0.25, 0.3) is 0 Å². The first-order chi connectivity index (χ1) is 12.4. The summed E-state index contributed by atoms with van der Waals surface area (Å²) in [5.74, 6) is 3.13. The van der Waals surface area contributed by atoms with Crippen LogP contribution in [0.15, 0.2) is 21.8 Å². The molecule has 0 aliphatic rings. The molecule has 0 fully saturated rings. The third-order valence-electron chi connectivity index (χ3n) is 4.17. The maximum Gasteiger partial charge on any atom is 0.191 e. The third-order valence-corrected chi connectivity index (χ3v) is 4.17. The fraction of sp³-hybridized carbons (Fsp3) is 0.611. The Morgan fingerprint density at radius 3 is 2.67 bits per heavy atom. The van der Waals surface area contributed by atoms with E-state index in [1.54, 1.807) is 13.3 Å². The zero-order valence-electron chi connectivity index (χ0n) is 16.7. The van der Waals surface area contributed by atoms with E-state index in [2.05, 4.69) is 32.7 Å². The van der Waals surface area contributed by atoms with Gasteiger partial charge >= 0.3 is 0 Å². The lowest BCUT2D eigenvalue weighted by atomic mass is 9.96.